The molecule has 1 fully saturated rings. The Morgan fingerprint density at radius 1 is 1.04 bits per heavy atom. The van der Waals surface area contributed by atoms with Gasteiger partial charge in [0.05, 0.1) is 11.5 Å². The Hall–Kier alpha value is -1.40. The zero-order chi connectivity index (χ0) is 17.2. The lowest BCUT2D eigenvalue weighted by Gasteiger charge is -2.39. The molecule has 1 atom stereocenters. The van der Waals surface area contributed by atoms with E-state index in [1.54, 1.807) is 17.8 Å². The number of aliphatic hydroxyl groups excluding tert-OH is 1. The summed E-state index contributed by atoms with van der Waals surface area (Å²) in [5, 5.41) is 9.14. The number of benzene rings is 2. The summed E-state index contributed by atoms with van der Waals surface area (Å²) in [4.78, 5) is 6.71. The highest BCUT2D eigenvalue weighted by molar-refractivity contribution is 7.99. The molecule has 5 heteroatoms. The fourth-order valence-corrected chi connectivity index (χ4v) is 5.00. The Labute approximate surface area is 152 Å². The van der Waals surface area contributed by atoms with Gasteiger partial charge in [-0.3, -0.25) is 9.80 Å². The number of β-amino-alcohol motifs (C(OH)–C–C–N with tert-alkyl or cyclic N) is 1. The largest absolute Gasteiger partial charge is 0.395 e. The fraction of sp³-hybridized carbons (Fsp3) is 0.400. The van der Waals surface area contributed by atoms with E-state index in [0.717, 1.165) is 54.5 Å². The van der Waals surface area contributed by atoms with E-state index < -0.39 is 0 Å². The highest BCUT2D eigenvalue weighted by Gasteiger charge is 2.30. The minimum atomic E-state index is -0.122. The van der Waals surface area contributed by atoms with Gasteiger partial charge >= 0.3 is 0 Å². The number of aliphatic hydroxyl groups is 1. The smallest absolute Gasteiger partial charge is 0.137 e. The molecule has 0 saturated carbocycles. The van der Waals surface area contributed by atoms with Crippen molar-refractivity contribution in [1.82, 2.24) is 9.80 Å². The van der Waals surface area contributed by atoms with E-state index in [-0.39, 0.29) is 18.5 Å². The van der Waals surface area contributed by atoms with Crippen LogP contribution in [0.2, 0.25) is 0 Å². The van der Waals surface area contributed by atoms with Crippen LogP contribution in [0.15, 0.2) is 52.3 Å². The number of halogens is 1. The summed E-state index contributed by atoms with van der Waals surface area (Å²) in [7, 11) is 0. The van der Waals surface area contributed by atoms with Crippen molar-refractivity contribution >= 4 is 11.8 Å². The van der Waals surface area contributed by atoms with Gasteiger partial charge in [-0.25, -0.2) is 4.39 Å². The van der Waals surface area contributed by atoms with E-state index in [1.807, 2.05) is 12.1 Å². The van der Waals surface area contributed by atoms with Gasteiger partial charge in [-0.2, -0.15) is 0 Å². The first kappa shape index (κ1) is 17.0. The van der Waals surface area contributed by atoms with Crippen LogP contribution in [0.4, 0.5) is 4.39 Å². The van der Waals surface area contributed by atoms with Crippen molar-refractivity contribution in [2.45, 2.75) is 22.3 Å². The summed E-state index contributed by atoms with van der Waals surface area (Å²) in [6.07, 6.45) is 0.916. The predicted molar refractivity (Wildman–Crippen MR) is 98.5 cm³/mol. The van der Waals surface area contributed by atoms with Gasteiger partial charge in [0, 0.05) is 43.7 Å². The van der Waals surface area contributed by atoms with Gasteiger partial charge in [-0.1, -0.05) is 42.1 Å². The van der Waals surface area contributed by atoms with E-state index in [4.69, 9.17) is 5.11 Å². The third kappa shape index (κ3) is 3.47. The number of fused-ring (bicyclic) bond motifs is 2. The van der Waals surface area contributed by atoms with Crippen LogP contribution in [0.1, 0.15) is 17.2 Å². The maximum Gasteiger partial charge on any atom is 0.137 e. The molecule has 0 spiro atoms. The van der Waals surface area contributed by atoms with Gasteiger partial charge in [0.25, 0.3) is 0 Å². The molecule has 2 aliphatic heterocycles. The lowest BCUT2D eigenvalue weighted by Crippen LogP contribution is -2.48. The second-order valence-corrected chi connectivity index (χ2v) is 7.74. The van der Waals surface area contributed by atoms with Gasteiger partial charge in [-0.05, 0) is 29.7 Å². The average Bonchev–Trinajstić information content (AvgIpc) is 2.81. The molecule has 0 aromatic heterocycles. The SMILES string of the molecule is OCCN1CCN([C@H]2Cc3ccccc3Sc3c(F)cccc32)CC1. The van der Waals surface area contributed by atoms with Crippen LogP contribution in [0, 0.1) is 5.82 Å². The molecule has 4 rings (SSSR count). The molecule has 2 aliphatic rings. The van der Waals surface area contributed by atoms with E-state index in [2.05, 4.69) is 34.1 Å². The van der Waals surface area contributed by atoms with Crippen LogP contribution in [0.25, 0.3) is 0 Å². The Bertz CT molecular complexity index is 746. The number of piperazine rings is 1. The normalized spacial score (nSPS) is 21.4. The highest BCUT2D eigenvalue weighted by Crippen LogP contribution is 2.44. The zero-order valence-corrected chi connectivity index (χ0v) is 15.0. The second-order valence-electron chi connectivity index (χ2n) is 6.69. The Morgan fingerprint density at radius 3 is 2.64 bits per heavy atom. The molecule has 1 saturated heterocycles. The second kappa shape index (κ2) is 7.46. The van der Waals surface area contributed by atoms with E-state index in [1.165, 1.54) is 5.56 Å². The van der Waals surface area contributed by atoms with E-state index in [9.17, 15) is 4.39 Å². The topological polar surface area (TPSA) is 26.7 Å². The molecule has 3 nitrogen and oxygen atoms in total. The van der Waals surface area contributed by atoms with Crippen LogP contribution in [-0.2, 0) is 6.42 Å². The van der Waals surface area contributed by atoms with Gasteiger partial charge in [-0.15, -0.1) is 0 Å². The van der Waals surface area contributed by atoms with E-state index in [0.29, 0.717) is 0 Å². The lowest BCUT2D eigenvalue weighted by atomic mass is 9.96. The number of hydrogen-bond acceptors (Lipinski definition) is 4. The zero-order valence-electron chi connectivity index (χ0n) is 14.2. The van der Waals surface area contributed by atoms with Crippen molar-refractivity contribution in [2.75, 3.05) is 39.3 Å². The molecule has 0 radical (unpaired) electrons. The first-order valence-electron chi connectivity index (χ1n) is 8.87. The Morgan fingerprint density at radius 2 is 1.84 bits per heavy atom. The summed E-state index contributed by atoms with van der Waals surface area (Å²) in [5.41, 5.74) is 2.41. The number of hydrogen-bond donors (Lipinski definition) is 1. The predicted octanol–water partition coefficient (Wildman–Crippen LogP) is 3.18. The van der Waals surface area contributed by atoms with Gasteiger partial charge < -0.3 is 5.11 Å². The van der Waals surface area contributed by atoms with Crippen molar-refractivity contribution in [3.63, 3.8) is 0 Å². The van der Waals surface area contributed by atoms with Crippen LogP contribution in [0.3, 0.4) is 0 Å². The Balaban J connectivity index is 1.66. The molecule has 132 valence electrons. The molecule has 0 unspecified atom stereocenters. The summed E-state index contributed by atoms with van der Waals surface area (Å²) < 4.78 is 14.6. The summed E-state index contributed by atoms with van der Waals surface area (Å²) in [6.45, 7) is 4.76. The molecule has 25 heavy (non-hydrogen) atoms. The van der Waals surface area contributed by atoms with Gasteiger partial charge in [0.1, 0.15) is 5.82 Å². The Kier molecular flexibility index (Phi) is 5.08. The first-order valence-corrected chi connectivity index (χ1v) is 9.69. The summed E-state index contributed by atoms with van der Waals surface area (Å²) in [5.74, 6) is -0.122. The third-order valence-electron chi connectivity index (χ3n) is 5.22. The lowest BCUT2D eigenvalue weighted by molar-refractivity contribution is 0.0821. The molecule has 0 aliphatic carbocycles. The van der Waals surface area contributed by atoms with E-state index >= 15 is 0 Å². The molecule has 2 aromatic rings. The van der Waals surface area contributed by atoms with Crippen molar-refractivity contribution in [3.8, 4) is 0 Å². The van der Waals surface area contributed by atoms with Crippen LogP contribution < -0.4 is 0 Å². The van der Waals surface area contributed by atoms with Crippen molar-refractivity contribution in [3.05, 3.63) is 59.4 Å². The molecular weight excluding hydrogens is 335 g/mol. The van der Waals surface area contributed by atoms with Crippen molar-refractivity contribution in [1.29, 1.82) is 0 Å². The van der Waals surface area contributed by atoms with Crippen LogP contribution in [-0.4, -0.2) is 54.2 Å². The van der Waals surface area contributed by atoms with Crippen LogP contribution >= 0.6 is 11.8 Å². The minimum absolute atomic E-state index is 0.122. The summed E-state index contributed by atoms with van der Waals surface area (Å²) in [6, 6.07) is 14.1. The highest BCUT2D eigenvalue weighted by atomic mass is 32.2. The molecular formula is C20H23FN2OS. The van der Waals surface area contributed by atoms with Crippen LogP contribution in [0.5, 0.6) is 0 Å². The number of rotatable bonds is 3. The molecule has 1 N–H and O–H groups in total. The average molecular weight is 358 g/mol. The molecule has 2 aromatic carbocycles. The molecule has 2 heterocycles. The molecule has 0 bridgehead atoms. The van der Waals surface area contributed by atoms with Crippen molar-refractivity contribution < 1.29 is 9.50 Å². The summed E-state index contributed by atoms with van der Waals surface area (Å²) >= 11 is 1.56. The standard InChI is InChI=1S/C20H23FN2OS/c21-17-6-3-5-16-18(23-10-8-22(9-11-23)12-13-24)14-15-4-1-2-7-19(15)25-20(16)17/h1-7,18,24H,8-14H2/t18-/m0/s1. The maximum atomic E-state index is 14.6. The maximum absolute atomic E-state index is 14.6. The molecule has 0 amide bonds. The minimum Gasteiger partial charge on any atom is -0.395 e. The third-order valence-corrected chi connectivity index (χ3v) is 6.47. The van der Waals surface area contributed by atoms with Gasteiger partial charge in [0.15, 0.2) is 0 Å². The first-order chi connectivity index (χ1) is 12.3. The number of nitrogens with zero attached hydrogens (tertiary/aromatic N) is 2. The monoisotopic (exact) mass is 358 g/mol. The van der Waals surface area contributed by atoms with Gasteiger partial charge in [0.2, 0.25) is 0 Å². The fourth-order valence-electron chi connectivity index (χ4n) is 3.86. The van der Waals surface area contributed by atoms with Crippen molar-refractivity contribution in [2.24, 2.45) is 0 Å². The quantitative estimate of drug-likeness (QED) is 0.912.